The molecule has 2 aliphatic rings. The van der Waals surface area contributed by atoms with Crippen LogP contribution in [0.4, 0.5) is 5.82 Å². The molecule has 3 N–H and O–H groups in total. The lowest BCUT2D eigenvalue weighted by Crippen LogP contribution is -2.34. The highest BCUT2D eigenvalue weighted by molar-refractivity contribution is 5.89. The quantitative estimate of drug-likeness (QED) is 0.491. The molecular weight excluding hydrogens is 414 g/mol. The van der Waals surface area contributed by atoms with Crippen molar-refractivity contribution in [1.29, 1.82) is 0 Å². The molecule has 0 bridgehead atoms. The molecule has 168 valence electrons. The fourth-order valence-corrected chi connectivity index (χ4v) is 4.32. The molecule has 4 unspecified atom stereocenters. The molecule has 3 heterocycles. The van der Waals surface area contributed by atoms with Gasteiger partial charge in [0.15, 0.2) is 23.2 Å². The molecule has 5 rings (SSSR count). The van der Waals surface area contributed by atoms with Crippen LogP contribution >= 0.6 is 0 Å². The summed E-state index contributed by atoms with van der Waals surface area (Å²) in [5, 5.41) is 24.5. The highest BCUT2D eigenvalue weighted by Crippen LogP contribution is 2.33. The fourth-order valence-electron chi connectivity index (χ4n) is 4.32. The van der Waals surface area contributed by atoms with E-state index in [9.17, 15) is 15.0 Å². The predicted molar refractivity (Wildman–Crippen MR) is 114 cm³/mol. The summed E-state index contributed by atoms with van der Waals surface area (Å²) in [6.07, 6.45) is 3.22. The van der Waals surface area contributed by atoms with Crippen molar-refractivity contribution >= 4 is 23.0 Å². The Labute approximate surface area is 184 Å². The zero-order chi connectivity index (χ0) is 22.1. The summed E-state index contributed by atoms with van der Waals surface area (Å²) in [6, 6.07) is 8.91. The van der Waals surface area contributed by atoms with E-state index in [4.69, 9.17) is 9.47 Å². The lowest BCUT2D eigenvalue weighted by Gasteiger charge is -2.17. The zero-order valence-corrected chi connectivity index (χ0v) is 17.4. The van der Waals surface area contributed by atoms with Crippen molar-refractivity contribution in [2.45, 2.75) is 56.3 Å². The third-order valence-corrected chi connectivity index (χ3v) is 6.05. The Morgan fingerprint density at radius 1 is 1.12 bits per heavy atom. The number of ether oxygens (including phenoxy) is 2. The summed E-state index contributed by atoms with van der Waals surface area (Å²) in [5.41, 5.74) is 1.46. The van der Waals surface area contributed by atoms with Crippen molar-refractivity contribution < 1.29 is 24.5 Å². The van der Waals surface area contributed by atoms with Gasteiger partial charge >= 0.3 is 5.97 Å². The topological polar surface area (TPSA) is 132 Å². The van der Waals surface area contributed by atoms with Gasteiger partial charge in [-0.25, -0.2) is 19.7 Å². The van der Waals surface area contributed by atoms with Crippen LogP contribution in [-0.4, -0.2) is 66.7 Å². The van der Waals surface area contributed by atoms with E-state index in [2.05, 4.69) is 20.3 Å². The predicted octanol–water partition coefficient (Wildman–Crippen LogP) is 1.66. The molecule has 1 aliphatic heterocycles. The van der Waals surface area contributed by atoms with Gasteiger partial charge in [-0.1, -0.05) is 31.0 Å². The zero-order valence-electron chi connectivity index (χ0n) is 17.4. The summed E-state index contributed by atoms with van der Waals surface area (Å²) in [4.78, 5) is 25.3. The van der Waals surface area contributed by atoms with Gasteiger partial charge in [0, 0.05) is 6.04 Å². The second-order valence-corrected chi connectivity index (χ2v) is 8.18. The van der Waals surface area contributed by atoms with Crippen molar-refractivity contribution in [1.82, 2.24) is 19.5 Å². The number of carbonyl (C=O) groups excluding carboxylic acids is 1. The number of nitrogens with one attached hydrogen (secondary N) is 1. The van der Waals surface area contributed by atoms with Crippen LogP contribution in [0.25, 0.3) is 11.2 Å². The van der Waals surface area contributed by atoms with Gasteiger partial charge in [0.25, 0.3) is 0 Å². The number of hydrogen-bond acceptors (Lipinski definition) is 9. The van der Waals surface area contributed by atoms with Gasteiger partial charge in [0.05, 0.1) is 11.9 Å². The lowest BCUT2D eigenvalue weighted by molar-refractivity contribution is -0.0565. The molecule has 1 saturated heterocycles. The van der Waals surface area contributed by atoms with Crippen LogP contribution in [0.3, 0.4) is 0 Å². The highest BCUT2D eigenvalue weighted by atomic mass is 16.6. The third-order valence-electron chi connectivity index (χ3n) is 6.05. The standard InChI is InChI=1S/C22H25N5O5/c28-17-15(10-31-22(30)13-6-2-1-3-7-13)32-21(18(17)29)27-12-25-16-19(23-11-24-20(16)27)26-14-8-4-5-9-14/h1-3,6-7,11-12,14-15,17-18,21,28-29H,4-5,8-10H2,(H,23,24,26). The van der Waals surface area contributed by atoms with Crippen LogP contribution in [0.2, 0.25) is 0 Å². The molecule has 2 aromatic heterocycles. The number of nitrogens with zero attached hydrogens (tertiary/aromatic N) is 4. The Kier molecular flexibility index (Phi) is 5.73. The molecule has 10 heteroatoms. The largest absolute Gasteiger partial charge is 0.459 e. The molecule has 2 fully saturated rings. The monoisotopic (exact) mass is 439 g/mol. The van der Waals surface area contributed by atoms with Crippen molar-refractivity contribution in [2.75, 3.05) is 11.9 Å². The molecule has 0 amide bonds. The van der Waals surface area contributed by atoms with Crippen LogP contribution < -0.4 is 5.32 Å². The second kappa shape index (κ2) is 8.81. The smallest absolute Gasteiger partial charge is 0.338 e. The van der Waals surface area contributed by atoms with Gasteiger partial charge in [0.1, 0.15) is 31.2 Å². The number of hydrogen-bond donors (Lipinski definition) is 3. The molecule has 1 aromatic carbocycles. The Hall–Kier alpha value is -3.08. The summed E-state index contributed by atoms with van der Waals surface area (Å²) in [7, 11) is 0. The normalized spacial score (nSPS) is 25.9. The maximum absolute atomic E-state index is 12.2. The number of fused-ring (bicyclic) bond motifs is 1. The SMILES string of the molecule is O=C(OCC1OC(n2cnc3c(NC4CCCC4)ncnc32)C(O)C1O)c1ccccc1. The van der Waals surface area contributed by atoms with Gasteiger partial charge in [-0.2, -0.15) is 0 Å². The van der Waals surface area contributed by atoms with E-state index in [0.29, 0.717) is 28.6 Å². The Balaban J connectivity index is 1.31. The average molecular weight is 439 g/mol. The Morgan fingerprint density at radius 3 is 2.69 bits per heavy atom. The van der Waals surface area contributed by atoms with Gasteiger partial charge in [0.2, 0.25) is 0 Å². The number of aromatic nitrogens is 4. The Bertz CT molecular complexity index is 1080. The summed E-state index contributed by atoms with van der Waals surface area (Å²) in [5.74, 6) is 0.116. The van der Waals surface area contributed by atoms with E-state index < -0.39 is 30.5 Å². The van der Waals surface area contributed by atoms with Gasteiger partial charge < -0.3 is 25.0 Å². The number of esters is 1. The first kappa shape index (κ1) is 20.8. The van der Waals surface area contributed by atoms with Gasteiger partial charge in [-0.05, 0) is 25.0 Å². The third kappa shape index (κ3) is 3.92. The van der Waals surface area contributed by atoms with E-state index in [1.54, 1.807) is 34.9 Å². The molecule has 4 atom stereocenters. The first-order chi connectivity index (χ1) is 15.6. The number of aliphatic hydroxyl groups excluding tert-OH is 2. The number of imidazole rings is 1. The first-order valence-electron chi connectivity index (χ1n) is 10.8. The molecule has 32 heavy (non-hydrogen) atoms. The van der Waals surface area contributed by atoms with Crippen molar-refractivity contribution in [3.8, 4) is 0 Å². The second-order valence-electron chi connectivity index (χ2n) is 8.18. The molecular formula is C22H25N5O5. The van der Waals surface area contributed by atoms with E-state index >= 15 is 0 Å². The van der Waals surface area contributed by atoms with E-state index in [1.165, 1.54) is 25.5 Å². The van der Waals surface area contributed by atoms with Crippen molar-refractivity contribution in [3.05, 3.63) is 48.5 Å². The Morgan fingerprint density at radius 2 is 1.91 bits per heavy atom. The van der Waals surface area contributed by atoms with Crippen LogP contribution in [0.5, 0.6) is 0 Å². The minimum Gasteiger partial charge on any atom is -0.459 e. The number of anilines is 1. The molecule has 0 radical (unpaired) electrons. The van der Waals surface area contributed by atoms with Crippen molar-refractivity contribution in [3.63, 3.8) is 0 Å². The maximum Gasteiger partial charge on any atom is 0.338 e. The van der Waals surface area contributed by atoms with Crippen LogP contribution in [0.1, 0.15) is 42.3 Å². The van der Waals surface area contributed by atoms with Crippen LogP contribution in [-0.2, 0) is 9.47 Å². The highest BCUT2D eigenvalue weighted by Gasteiger charge is 2.45. The van der Waals surface area contributed by atoms with Crippen LogP contribution in [0, 0.1) is 0 Å². The number of benzene rings is 1. The number of carbonyl (C=O) groups is 1. The van der Waals surface area contributed by atoms with Crippen LogP contribution in [0.15, 0.2) is 43.0 Å². The van der Waals surface area contributed by atoms with Gasteiger partial charge in [-0.3, -0.25) is 4.57 Å². The fraction of sp³-hybridized carbons (Fsp3) is 0.455. The number of rotatable bonds is 6. The minimum atomic E-state index is -1.24. The minimum absolute atomic E-state index is 0.196. The first-order valence-corrected chi connectivity index (χ1v) is 10.8. The molecule has 3 aromatic rings. The maximum atomic E-state index is 12.2. The van der Waals surface area contributed by atoms with E-state index in [0.717, 1.165) is 12.8 Å². The van der Waals surface area contributed by atoms with E-state index in [-0.39, 0.29) is 6.61 Å². The average Bonchev–Trinajstić information content (AvgIpc) is 3.54. The number of aliphatic hydroxyl groups is 2. The van der Waals surface area contributed by atoms with Crippen molar-refractivity contribution in [2.24, 2.45) is 0 Å². The van der Waals surface area contributed by atoms with Gasteiger partial charge in [-0.15, -0.1) is 0 Å². The molecule has 10 nitrogen and oxygen atoms in total. The van der Waals surface area contributed by atoms with E-state index in [1.807, 2.05) is 0 Å². The molecule has 1 saturated carbocycles. The molecule has 1 aliphatic carbocycles. The summed E-state index contributed by atoms with van der Waals surface area (Å²) in [6.45, 7) is -0.196. The molecule has 0 spiro atoms. The summed E-state index contributed by atoms with van der Waals surface area (Å²) >= 11 is 0. The summed E-state index contributed by atoms with van der Waals surface area (Å²) < 4.78 is 12.7. The lowest BCUT2D eigenvalue weighted by atomic mass is 10.1.